The molecule has 3 rings (SSSR count). The molecule has 2 heterocycles. The minimum absolute atomic E-state index is 0.130. The number of aromatic nitrogens is 1. The lowest BCUT2D eigenvalue weighted by Gasteiger charge is -2.28. The van der Waals surface area contributed by atoms with E-state index in [9.17, 15) is 9.59 Å². The van der Waals surface area contributed by atoms with Gasteiger partial charge in [-0.15, -0.1) is 0 Å². The van der Waals surface area contributed by atoms with Crippen LogP contribution in [0.5, 0.6) is 5.75 Å². The molecule has 2 amide bonds. The van der Waals surface area contributed by atoms with Gasteiger partial charge < -0.3 is 15.8 Å². The fourth-order valence-corrected chi connectivity index (χ4v) is 2.70. The molecule has 0 aliphatic carbocycles. The highest BCUT2D eigenvalue weighted by molar-refractivity contribution is 6.04. The number of hydrogen-bond donors (Lipinski definition) is 2. The first-order valence-corrected chi connectivity index (χ1v) is 8.04. The van der Waals surface area contributed by atoms with E-state index in [1.807, 2.05) is 24.3 Å². The largest absolute Gasteiger partial charge is 0.480 e. The number of rotatable bonds is 4. The molecular formula is C18H20N4O3. The summed E-state index contributed by atoms with van der Waals surface area (Å²) in [6, 6.07) is 10.8. The maximum atomic E-state index is 12.5. The van der Waals surface area contributed by atoms with Crippen molar-refractivity contribution < 1.29 is 14.3 Å². The summed E-state index contributed by atoms with van der Waals surface area (Å²) in [5, 5.41) is 2.87. The number of nitrogens with zero attached hydrogens (tertiary/aromatic N) is 2. The fraction of sp³-hybridized carbons (Fsp3) is 0.278. The first kappa shape index (κ1) is 16.8. The molecule has 0 fully saturated rings. The number of carbonyl (C=O) groups is 2. The van der Waals surface area contributed by atoms with Crippen LogP contribution in [-0.2, 0) is 9.59 Å². The second-order valence-corrected chi connectivity index (χ2v) is 6.12. The molecule has 2 aromatic rings. The Morgan fingerprint density at radius 1 is 1.32 bits per heavy atom. The molecule has 0 spiro atoms. The summed E-state index contributed by atoms with van der Waals surface area (Å²) in [7, 11) is 0. The van der Waals surface area contributed by atoms with E-state index in [1.54, 1.807) is 12.1 Å². The van der Waals surface area contributed by atoms with E-state index in [4.69, 9.17) is 10.5 Å². The van der Waals surface area contributed by atoms with E-state index in [-0.39, 0.29) is 42.5 Å². The van der Waals surface area contributed by atoms with Crippen LogP contribution in [0.15, 0.2) is 36.4 Å². The number of para-hydroxylation sites is 1. The molecular weight excluding hydrogens is 320 g/mol. The molecule has 1 aliphatic heterocycles. The highest BCUT2D eigenvalue weighted by Crippen LogP contribution is 2.31. The average Bonchev–Trinajstić information content (AvgIpc) is 2.58. The van der Waals surface area contributed by atoms with Gasteiger partial charge in [0.1, 0.15) is 12.4 Å². The molecule has 7 heteroatoms. The van der Waals surface area contributed by atoms with Gasteiger partial charge in [0, 0.05) is 5.69 Å². The molecule has 1 aromatic heterocycles. The standard InChI is InChI=1S/C18H20N4O3/c1-11(2)12-5-3-4-6-13(12)20-16(23)9-22-17(24)10-25-14-7-8-15(19)21-18(14)22/h3-8,11H,9-10H2,1-2H3,(H2,19,21)(H,20,23). The van der Waals surface area contributed by atoms with Gasteiger partial charge in [-0.1, -0.05) is 32.0 Å². The lowest BCUT2D eigenvalue weighted by atomic mass is 10.0. The van der Waals surface area contributed by atoms with E-state index in [1.165, 1.54) is 4.90 Å². The Hall–Kier alpha value is -3.09. The van der Waals surface area contributed by atoms with Crippen LogP contribution in [0.3, 0.4) is 0 Å². The highest BCUT2D eigenvalue weighted by atomic mass is 16.5. The number of benzene rings is 1. The third-order valence-electron chi connectivity index (χ3n) is 3.93. The summed E-state index contributed by atoms with van der Waals surface area (Å²) in [6.07, 6.45) is 0. The van der Waals surface area contributed by atoms with Crippen LogP contribution < -0.4 is 20.7 Å². The van der Waals surface area contributed by atoms with Gasteiger partial charge in [0.2, 0.25) is 5.91 Å². The zero-order valence-electron chi connectivity index (χ0n) is 14.2. The number of fused-ring (bicyclic) bond motifs is 1. The molecule has 1 aromatic carbocycles. The quantitative estimate of drug-likeness (QED) is 0.889. The van der Waals surface area contributed by atoms with Crippen molar-refractivity contribution in [3.05, 3.63) is 42.0 Å². The Labute approximate surface area is 145 Å². The Kier molecular flexibility index (Phi) is 4.56. The lowest BCUT2D eigenvalue weighted by Crippen LogP contribution is -2.44. The third-order valence-corrected chi connectivity index (χ3v) is 3.93. The number of hydrogen-bond acceptors (Lipinski definition) is 5. The second kappa shape index (κ2) is 6.80. The number of nitrogens with two attached hydrogens (primary N) is 1. The van der Waals surface area contributed by atoms with Crippen LogP contribution in [0.2, 0.25) is 0 Å². The van der Waals surface area contributed by atoms with E-state index in [2.05, 4.69) is 24.1 Å². The van der Waals surface area contributed by atoms with E-state index in [0.29, 0.717) is 5.75 Å². The molecule has 25 heavy (non-hydrogen) atoms. The number of anilines is 3. The van der Waals surface area contributed by atoms with Gasteiger partial charge in [-0.25, -0.2) is 4.98 Å². The predicted molar refractivity (Wildman–Crippen MR) is 95.7 cm³/mol. The molecule has 0 atom stereocenters. The Balaban J connectivity index is 1.80. The van der Waals surface area contributed by atoms with Crippen molar-refractivity contribution in [1.82, 2.24) is 4.98 Å². The van der Waals surface area contributed by atoms with Crippen LogP contribution in [0.1, 0.15) is 25.3 Å². The molecule has 7 nitrogen and oxygen atoms in total. The van der Waals surface area contributed by atoms with E-state index >= 15 is 0 Å². The summed E-state index contributed by atoms with van der Waals surface area (Å²) in [5.41, 5.74) is 7.47. The number of ether oxygens (including phenoxy) is 1. The molecule has 0 unspecified atom stereocenters. The van der Waals surface area contributed by atoms with Crippen molar-refractivity contribution in [2.45, 2.75) is 19.8 Å². The number of pyridine rings is 1. The minimum Gasteiger partial charge on any atom is -0.480 e. The smallest absolute Gasteiger partial charge is 0.266 e. The van der Waals surface area contributed by atoms with Gasteiger partial charge in [0.15, 0.2) is 18.2 Å². The average molecular weight is 340 g/mol. The third kappa shape index (κ3) is 3.55. The summed E-state index contributed by atoms with van der Waals surface area (Å²) in [5.74, 6) is 0.584. The molecule has 0 bridgehead atoms. The summed E-state index contributed by atoms with van der Waals surface area (Å²) in [4.78, 5) is 30.1. The van der Waals surface area contributed by atoms with E-state index in [0.717, 1.165) is 11.3 Å². The monoisotopic (exact) mass is 340 g/mol. The van der Waals surface area contributed by atoms with Crippen molar-refractivity contribution in [3.63, 3.8) is 0 Å². The molecule has 1 aliphatic rings. The molecule has 0 radical (unpaired) electrons. The van der Waals surface area contributed by atoms with Crippen molar-refractivity contribution in [3.8, 4) is 5.75 Å². The number of carbonyl (C=O) groups excluding carboxylic acids is 2. The first-order valence-electron chi connectivity index (χ1n) is 8.04. The zero-order valence-corrected chi connectivity index (χ0v) is 14.2. The minimum atomic E-state index is -0.335. The molecule has 0 saturated heterocycles. The number of amides is 2. The van der Waals surface area contributed by atoms with Gasteiger partial charge in [0.25, 0.3) is 5.91 Å². The first-order chi connectivity index (χ1) is 12.0. The SMILES string of the molecule is CC(C)c1ccccc1NC(=O)CN1C(=O)COc2ccc(N)nc21. The Morgan fingerprint density at radius 3 is 2.84 bits per heavy atom. The molecule has 0 saturated carbocycles. The maximum absolute atomic E-state index is 12.5. The Morgan fingerprint density at radius 2 is 2.08 bits per heavy atom. The van der Waals surface area contributed by atoms with Gasteiger partial charge in [-0.3, -0.25) is 14.5 Å². The van der Waals surface area contributed by atoms with Crippen LogP contribution in [0.25, 0.3) is 0 Å². The zero-order chi connectivity index (χ0) is 18.0. The second-order valence-electron chi connectivity index (χ2n) is 6.12. The van der Waals surface area contributed by atoms with Crippen LogP contribution >= 0.6 is 0 Å². The van der Waals surface area contributed by atoms with Crippen LogP contribution in [-0.4, -0.2) is 29.9 Å². The van der Waals surface area contributed by atoms with Gasteiger partial charge >= 0.3 is 0 Å². The van der Waals surface area contributed by atoms with Crippen molar-refractivity contribution >= 4 is 29.1 Å². The summed E-state index contributed by atoms with van der Waals surface area (Å²) >= 11 is 0. The number of nitrogen functional groups attached to an aromatic ring is 1. The normalized spacial score (nSPS) is 13.4. The van der Waals surface area contributed by atoms with Crippen LogP contribution in [0, 0.1) is 0 Å². The van der Waals surface area contributed by atoms with E-state index < -0.39 is 0 Å². The van der Waals surface area contributed by atoms with Gasteiger partial charge in [-0.2, -0.15) is 0 Å². The summed E-state index contributed by atoms with van der Waals surface area (Å²) < 4.78 is 5.33. The lowest BCUT2D eigenvalue weighted by molar-refractivity contribution is -0.123. The predicted octanol–water partition coefficient (Wildman–Crippen LogP) is 2.15. The van der Waals surface area contributed by atoms with Crippen LogP contribution in [0.4, 0.5) is 17.3 Å². The Bertz CT molecular complexity index is 820. The van der Waals surface area contributed by atoms with Crippen molar-refractivity contribution in [1.29, 1.82) is 0 Å². The van der Waals surface area contributed by atoms with Crippen molar-refractivity contribution in [2.24, 2.45) is 0 Å². The molecule has 130 valence electrons. The summed E-state index contributed by atoms with van der Waals surface area (Å²) in [6.45, 7) is 3.82. The maximum Gasteiger partial charge on any atom is 0.266 e. The van der Waals surface area contributed by atoms with Crippen molar-refractivity contribution in [2.75, 3.05) is 29.1 Å². The van der Waals surface area contributed by atoms with Gasteiger partial charge in [0.05, 0.1) is 0 Å². The fourth-order valence-electron chi connectivity index (χ4n) is 2.70. The highest BCUT2D eigenvalue weighted by Gasteiger charge is 2.29. The number of nitrogens with one attached hydrogen (secondary N) is 1. The topological polar surface area (TPSA) is 97.5 Å². The molecule has 3 N–H and O–H groups in total. The van der Waals surface area contributed by atoms with Gasteiger partial charge in [-0.05, 0) is 29.7 Å².